The Bertz CT molecular complexity index is 166. The van der Waals surface area contributed by atoms with Gasteiger partial charge in [-0.3, -0.25) is 0 Å². The van der Waals surface area contributed by atoms with Crippen molar-refractivity contribution < 1.29 is 14.6 Å². The van der Waals surface area contributed by atoms with Gasteiger partial charge in [0.05, 0.1) is 7.11 Å². The van der Waals surface area contributed by atoms with Crippen molar-refractivity contribution in [3.8, 4) is 0 Å². The zero-order valence-corrected chi connectivity index (χ0v) is 7.46. The number of methoxy groups -OCH3 is 1. The summed E-state index contributed by atoms with van der Waals surface area (Å²) in [4.78, 5) is 10.9. The Morgan fingerprint density at radius 1 is 1.83 bits per heavy atom. The van der Waals surface area contributed by atoms with Crippen LogP contribution in [0.1, 0.15) is 6.92 Å². The van der Waals surface area contributed by atoms with Crippen LogP contribution in [0.15, 0.2) is 12.7 Å². The zero-order valence-electron chi connectivity index (χ0n) is 7.46. The number of rotatable bonds is 5. The molecule has 0 radical (unpaired) electrons. The van der Waals surface area contributed by atoms with Crippen LogP contribution in [0.3, 0.4) is 0 Å². The van der Waals surface area contributed by atoms with E-state index in [2.05, 4.69) is 16.6 Å². The fourth-order valence-corrected chi connectivity index (χ4v) is 0.710. The van der Waals surface area contributed by atoms with E-state index >= 15 is 0 Å². The van der Waals surface area contributed by atoms with Crippen LogP contribution in [-0.2, 0) is 9.53 Å². The fraction of sp³-hybridized carbons (Fsp3) is 0.625. The molecule has 1 unspecified atom stereocenters. The molecular formula is C8H15NO3. The molecule has 2 N–H and O–H groups in total. The monoisotopic (exact) mass is 173 g/mol. The zero-order chi connectivity index (χ0) is 9.61. The molecule has 0 spiro atoms. The van der Waals surface area contributed by atoms with E-state index in [9.17, 15) is 9.90 Å². The van der Waals surface area contributed by atoms with Crippen LogP contribution in [0.5, 0.6) is 0 Å². The van der Waals surface area contributed by atoms with Crippen LogP contribution in [0, 0.1) is 0 Å². The highest BCUT2D eigenvalue weighted by Gasteiger charge is 2.30. The lowest BCUT2D eigenvalue weighted by atomic mass is 10.1. The quantitative estimate of drug-likeness (QED) is 0.340. The van der Waals surface area contributed by atoms with Gasteiger partial charge in [-0.2, -0.15) is 0 Å². The highest BCUT2D eigenvalue weighted by atomic mass is 16.5. The summed E-state index contributed by atoms with van der Waals surface area (Å²) >= 11 is 0. The third kappa shape index (κ3) is 3.50. The minimum absolute atomic E-state index is 0.158. The first kappa shape index (κ1) is 11.1. The average Bonchev–Trinajstić information content (AvgIpc) is 2.03. The lowest BCUT2D eigenvalue weighted by Gasteiger charge is -2.19. The van der Waals surface area contributed by atoms with Crippen molar-refractivity contribution in [2.24, 2.45) is 0 Å². The molecule has 0 heterocycles. The summed E-state index contributed by atoms with van der Waals surface area (Å²) < 4.78 is 4.39. The number of aliphatic hydroxyl groups is 1. The van der Waals surface area contributed by atoms with Gasteiger partial charge in [0.15, 0.2) is 5.60 Å². The van der Waals surface area contributed by atoms with Crippen molar-refractivity contribution in [2.45, 2.75) is 12.5 Å². The van der Waals surface area contributed by atoms with E-state index in [0.717, 1.165) is 0 Å². The van der Waals surface area contributed by atoms with Gasteiger partial charge in [-0.05, 0) is 6.92 Å². The van der Waals surface area contributed by atoms with Gasteiger partial charge in [-0.15, -0.1) is 6.58 Å². The fourth-order valence-electron chi connectivity index (χ4n) is 0.710. The molecule has 0 aliphatic rings. The van der Waals surface area contributed by atoms with E-state index in [4.69, 9.17) is 0 Å². The second-order valence-electron chi connectivity index (χ2n) is 2.69. The van der Waals surface area contributed by atoms with Crippen molar-refractivity contribution in [1.29, 1.82) is 0 Å². The van der Waals surface area contributed by atoms with Crippen LogP contribution in [-0.4, -0.2) is 36.9 Å². The Balaban J connectivity index is 3.86. The van der Waals surface area contributed by atoms with Gasteiger partial charge in [-0.25, -0.2) is 4.79 Å². The summed E-state index contributed by atoms with van der Waals surface area (Å²) in [6, 6.07) is 0. The molecule has 1 atom stereocenters. The van der Waals surface area contributed by atoms with Crippen LogP contribution < -0.4 is 5.32 Å². The number of hydrogen-bond donors (Lipinski definition) is 2. The topological polar surface area (TPSA) is 58.6 Å². The summed E-state index contributed by atoms with van der Waals surface area (Å²) in [5.74, 6) is -0.640. The van der Waals surface area contributed by atoms with Crippen LogP contribution in [0.4, 0.5) is 0 Å². The molecule has 0 aliphatic carbocycles. The third-order valence-electron chi connectivity index (χ3n) is 1.38. The second-order valence-corrected chi connectivity index (χ2v) is 2.69. The molecular weight excluding hydrogens is 158 g/mol. The van der Waals surface area contributed by atoms with Crippen molar-refractivity contribution in [3.63, 3.8) is 0 Å². The Kier molecular flexibility index (Phi) is 4.54. The summed E-state index contributed by atoms with van der Waals surface area (Å²) in [6.45, 7) is 5.59. The molecule has 0 fully saturated rings. The Labute approximate surface area is 72.2 Å². The highest BCUT2D eigenvalue weighted by molar-refractivity contribution is 5.78. The predicted molar refractivity (Wildman–Crippen MR) is 45.7 cm³/mol. The van der Waals surface area contributed by atoms with E-state index in [-0.39, 0.29) is 6.54 Å². The molecule has 12 heavy (non-hydrogen) atoms. The summed E-state index contributed by atoms with van der Waals surface area (Å²) in [7, 11) is 1.24. The largest absolute Gasteiger partial charge is 0.467 e. The first-order valence-electron chi connectivity index (χ1n) is 3.67. The number of carbonyl (C=O) groups is 1. The molecule has 4 heteroatoms. The molecule has 4 nitrogen and oxygen atoms in total. The van der Waals surface area contributed by atoms with E-state index in [1.807, 2.05) is 0 Å². The molecule has 0 aromatic rings. The summed E-state index contributed by atoms with van der Waals surface area (Å²) in [5, 5.41) is 12.3. The molecule has 0 aromatic heterocycles. The number of hydrogen-bond acceptors (Lipinski definition) is 4. The molecule has 0 saturated carbocycles. The number of esters is 1. The van der Waals surface area contributed by atoms with Crippen molar-refractivity contribution in [1.82, 2.24) is 5.32 Å². The molecule has 70 valence electrons. The molecule has 0 amide bonds. The predicted octanol–water partition coefficient (Wildman–Crippen LogP) is -0.314. The van der Waals surface area contributed by atoms with Gasteiger partial charge in [0.25, 0.3) is 0 Å². The molecule has 0 aliphatic heterocycles. The number of carbonyl (C=O) groups excluding carboxylic acids is 1. The summed E-state index contributed by atoms with van der Waals surface area (Å²) in [5.41, 5.74) is -1.46. The lowest BCUT2D eigenvalue weighted by Crippen LogP contribution is -2.45. The molecule has 0 bridgehead atoms. The Morgan fingerprint density at radius 3 is 2.83 bits per heavy atom. The maximum absolute atomic E-state index is 10.9. The van der Waals surface area contributed by atoms with Gasteiger partial charge in [0.1, 0.15) is 0 Å². The summed E-state index contributed by atoms with van der Waals surface area (Å²) in [6.07, 6.45) is 1.65. The molecule has 0 rings (SSSR count). The van der Waals surface area contributed by atoms with E-state index in [0.29, 0.717) is 6.54 Å². The van der Waals surface area contributed by atoms with Gasteiger partial charge < -0.3 is 15.2 Å². The number of nitrogens with one attached hydrogen (secondary N) is 1. The maximum Gasteiger partial charge on any atom is 0.338 e. The van der Waals surface area contributed by atoms with Gasteiger partial charge in [0, 0.05) is 13.1 Å². The van der Waals surface area contributed by atoms with E-state index < -0.39 is 11.6 Å². The maximum atomic E-state index is 10.9. The lowest BCUT2D eigenvalue weighted by molar-refractivity contribution is -0.159. The van der Waals surface area contributed by atoms with Crippen molar-refractivity contribution in [3.05, 3.63) is 12.7 Å². The first-order chi connectivity index (χ1) is 5.54. The average molecular weight is 173 g/mol. The standard InChI is InChI=1S/C8H15NO3/c1-4-5-9-6-8(2,11)7(10)12-3/h4,9,11H,1,5-6H2,2-3H3. The normalized spacial score (nSPS) is 14.9. The molecule has 0 saturated heterocycles. The van der Waals surface area contributed by atoms with E-state index in [1.165, 1.54) is 14.0 Å². The Hall–Kier alpha value is -0.870. The third-order valence-corrected chi connectivity index (χ3v) is 1.38. The van der Waals surface area contributed by atoms with Crippen LogP contribution in [0.25, 0.3) is 0 Å². The van der Waals surface area contributed by atoms with Crippen molar-refractivity contribution in [2.75, 3.05) is 20.2 Å². The first-order valence-corrected chi connectivity index (χ1v) is 3.67. The second kappa shape index (κ2) is 4.90. The van der Waals surface area contributed by atoms with Crippen LogP contribution >= 0.6 is 0 Å². The van der Waals surface area contributed by atoms with Gasteiger partial charge in [0.2, 0.25) is 0 Å². The van der Waals surface area contributed by atoms with Gasteiger partial charge >= 0.3 is 5.97 Å². The highest BCUT2D eigenvalue weighted by Crippen LogP contribution is 2.02. The van der Waals surface area contributed by atoms with Crippen molar-refractivity contribution >= 4 is 5.97 Å². The molecule has 0 aromatic carbocycles. The minimum atomic E-state index is -1.46. The SMILES string of the molecule is C=CCNCC(C)(O)C(=O)OC. The smallest absolute Gasteiger partial charge is 0.338 e. The van der Waals surface area contributed by atoms with Gasteiger partial charge in [-0.1, -0.05) is 6.08 Å². The van der Waals surface area contributed by atoms with Crippen LogP contribution in [0.2, 0.25) is 0 Å². The Morgan fingerprint density at radius 2 is 2.42 bits per heavy atom. The number of ether oxygens (including phenoxy) is 1. The van der Waals surface area contributed by atoms with E-state index in [1.54, 1.807) is 6.08 Å². The minimum Gasteiger partial charge on any atom is -0.467 e.